The molecule has 1 N–H and O–H groups in total. The number of halogens is 2. The highest BCUT2D eigenvalue weighted by Gasteiger charge is 2.20. The molecule has 0 saturated carbocycles. The number of nitrogens with zero attached hydrogens (tertiary/aromatic N) is 1. The van der Waals surface area contributed by atoms with Gasteiger partial charge in [-0.1, -0.05) is 27.5 Å². The molecule has 0 fully saturated rings. The van der Waals surface area contributed by atoms with Gasteiger partial charge in [0.1, 0.15) is 29.6 Å². The summed E-state index contributed by atoms with van der Waals surface area (Å²) in [5.41, 5.74) is -0.269. The Balaban J connectivity index is 1.69. The fourth-order valence-corrected chi connectivity index (χ4v) is 3.13. The summed E-state index contributed by atoms with van der Waals surface area (Å²) in [7, 11) is 1.39. The van der Waals surface area contributed by atoms with Gasteiger partial charge in [0.15, 0.2) is 5.76 Å². The Kier molecular flexibility index (Phi) is 6.40. The normalized spacial score (nSPS) is 10.4. The summed E-state index contributed by atoms with van der Waals surface area (Å²) >= 11 is 9.40. The Morgan fingerprint density at radius 2 is 2.03 bits per heavy atom. The highest BCUT2D eigenvalue weighted by molar-refractivity contribution is 9.10. The lowest BCUT2D eigenvalue weighted by Crippen LogP contribution is -2.12. The molecular formula is C19H14BrClN2O6. The molecule has 0 spiro atoms. The number of rotatable bonds is 7. The molecule has 0 saturated heterocycles. The number of benzene rings is 2. The van der Waals surface area contributed by atoms with Crippen LogP contribution in [0.5, 0.6) is 11.5 Å². The lowest BCUT2D eigenvalue weighted by atomic mass is 10.2. The second-order valence-electron chi connectivity index (χ2n) is 5.72. The second kappa shape index (κ2) is 8.97. The number of amides is 1. The minimum atomic E-state index is -0.633. The Hall–Kier alpha value is -3.04. The molecule has 1 amide bonds. The van der Waals surface area contributed by atoms with Crippen LogP contribution < -0.4 is 14.8 Å². The fourth-order valence-electron chi connectivity index (χ4n) is 2.40. The zero-order valence-corrected chi connectivity index (χ0v) is 17.3. The Labute approximate surface area is 178 Å². The average Bonchev–Trinajstić information content (AvgIpc) is 3.16. The molecule has 2 aromatic carbocycles. The van der Waals surface area contributed by atoms with Crippen molar-refractivity contribution in [1.82, 2.24) is 0 Å². The van der Waals surface area contributed by atoms with Crippen molar-refractivity contribution in [1.29, 1.82) is 0 Å². The zero-order chi connectivity index (χ0) is 21.0. The maximum Gasteiger partial charge on any atom is 0.296 e. The summed E-state index contributed by atoms with van der Waals surface area (Å²) in [5.74, 6) is 0.505. The van der Waals surface area contributed by atoms with Crippen molar-refractivity contribution >= 4 is 44.8 Å². The van der Waals surface area contributed by atoms with E-state index in [2.05, 4.69) is 21.2 Å². The average molecular weight is 482 g/mol. The predicted octanol–water partition coefficient (Wildman–Crippen LogP) is 5.44. The third kappa shape index (κ3) is 5.07. The first-order valence-electron chi connectivity index (χ1n) is 8.17. The number of anilines is 1. The number of nitrogens with one attached hydrogen (secondary N) is 1. The number of hydrogen-bond acceptors (Lipinski definition) is 6. The third-order valence-corrected chi connectivity index (χ3v) is 4.59. The Morgan fingerprint density at radius 3 is 2.72 bits per heavy atom. The molecule has 0 aliphatic carbocycles. The maximum absolute atomic E-state index is 12.4. The van der Waals surface area contributed by atoms with Gasteiger partial charge in [-0.3, -0.25) is 14.9 Å². The highest BCUT2D eigenvalue weighted by atomic mass is 79.9. The summed E-state index contributed by atoms with van der Waals surface area (Å²) in [5, 5.41) is 14.1. The van der Waals surface area contributed by atoms with Gasteiger partial charge in [-0.2, -0.15) is 0 Å². The lowest BCUT2D eigenvalue weighted by Gasteiger charge is -2.07. The number of carbonyl (C=O) groups is 1. The van der Waals surface area contributed by atoms with Crippen LogP contribution in [0.15, 0.2) is 57.4 Å². The van der Waals surface area contributed by atoms with Crippen molar-refractivity contribution in [2.45, 2.75) is 6.61 Å². The number of furan rings is 1. The predicted molar refractivity (Wildman–Crippen MR) is 110 cm³/mol. The van der Waals surface area contributed by atoms with Crippen molar-refractivity contribution in [2.24, 2.45) is 0 Å². The van der Waals surface area contributed by atoms with Crippen LogP contribution in [-0.2, 0) is 6.61 Å². The van der Waals surface area contributed by atoms with E-state index in [1.54, 1.807) is 24.3 Å². The quantitative estimate of drug-likeness (QED) is 0.356. The van der Waals surface area contributed by atoms with Gasteiger partial charge in [-0.15, -0.1) is 0 Å². The van der Waals surface area contributed by atoms with Gasteiger partial charge in [0.05, 0.1) is 23.1 Å². The number of ether oxygens (including phenoxy) is 2. The molecule has 0 radical (unpaired) electrons. The fraction of sp³-hybridized carbons (Fsp3) is 0.105. The van der Waals surface area contributed by atoms with Crippen LogP contribution >= 0.6 is 27.5 Å². The van der Waals surface area contributed by atoms with E-state index in [-0.39, 0.29) is 23.7 Å². The summed E-state index contributed by atoms with van der Waals surface area (Å²) in [6, 6.07) is 12.3. The number of methoxy groups -OCH3 is 1. The summed E-state index contributed by atoms with van der Waals surface area (Å²) < 4.78 is 16.8. The van der Waals surface area contributed by atoms with Gasteiger partial charge in [0.25, 0.3) is 11.6 Å². The number of nitro benzene ring substituents is 1. The first kappa shape index (κ1) is 20.7. The van der Waals surface area contributed by atoms with Gasteiger partial charge in [0, 0.05) is 4.47 Å². The molecule has 3 aromatic rings. The molecule has 0 aliphatic heterocycles. The first-order chi connectivity index (χ1) is 13.9. The van der Waals surface area contributed by atoms with E-state index in [1.165, 1.54) is 31.4 Å². The van der Waals surface area contributed by atoms with Gasteiger partial charge in [0.2, 0.25) is 0 Å². The van der Waals surface area contributed by atoms with E-state index in [0.29, 0.717) is 22.3 Å². The van der Waals surface area contributed by atoms with E-state index >= 15 is 0 Å². The standard InChI is InChI=1S/C19H14BrClN2O6/c1-27-12-3-5-15(16(9-12)23(25)26)22-19(24)18-7-4-13(29-18)10-28-17-6-2-11(20)8-14(17)21/h2-9H,10H2,1H3,(H,22,24). The van der Waals surface area contributed by atoms with Crippen molar-refractivity contribution < 1.29 is 23.6 Å². The van der Waals surface area contributed by atoms with Crippen LogP contribution in [0.25, 0.3) is 0 Å². The topological polar surface area (TPSA) is 104 Å². The van der Waals surface area contributed by atoms with Crippen molar-refractivity contribution in [2.75, 3.05) is 12.4 Å². The van der Waals surface area contributed by atoms with Crippen molar-refractivity contribution in [3.63, 3.8) is 0 Å². The molecule has 0 unspecified atom stereocenters. The smallest absolute Gasteiger partial charge is 0.296 e. The first-order valence-corrected chi connectivity index (χ1v) is 9.35. The van der Waals surface area contributed by atoms with Crippen LogP contribution in [0.3, 0.4) is 0 Å². The monoisotopic (exact) mass is 480 g/mol. The highest BCUT2D eigenvalue weighted by Crippen LogP contribution is 2.30. The van der Waals surface area contributed by atoms with Crippen LogP contribution in [0.1, 0.15) is 16.3 Å². The number of hydrogen-bond donors (Lipinski definition) is 1. The zero-order valence-electron chi connectivity index (χ0n) is 15.0. The molecule has 150 valence electrons. The number of carbonyl (C=O) groups excluding carboxylic acids is 1. The largest absolute Gasteiger partial charge is 0.496 e. The molecule has 0 bridgehead atoms. The van der Waals surface area contributed by atoms with E-state index in [4.69, 9.17) is 25.5 Å². The minimum absolute atomic E-state index is 0.0179. The molecule has 8 nitrogen and oxygen atoms in total. The molecular weight excluding hydrogens is 468 g/mol. The van der Waals surface area contributed by atoms with Crippen LogP contribution in [0.2, 0.25) is 5.02 Å². The van der Waals surface area contributed by atoms with Crippen LogP contribution in [0, 0.1) is 10.1 Å². The van der Waals surface area contributed by atoms with Crippen molar-refractivity contribution in [3.8, 4) is 11.5 Å². The van der Waals surface area contributed by atoms with Gasteiger partial charge < -0.3 is 19.2 Å². The van der Waals surface area contributed by atoms with Gasteiger partial charge >= 0.3 is 0 Å². The van der Waals surface area contributed by atoms with E-state index in [1.807, 2.05) is 0 Å². The minimum Gasteiger partial charge on any atom is -0.496 e. The summed E-state index contributed by atoms with van der Waals surface area (Å²) in [6.45, 7) is 0.0529. The van der Waals surface area contributed by atoms with Gasteiger partial charge in [-0.05, 0) is 42.5 Å². The molecule has 1 heterocycles. The SMILES string of the molecule is COc1ccc(NC(=O)c2ccc(COc3ccc(Br)cc3Cl)o2)c([N+](=O)[O-])c1. The van der Waals surface area contributed by atoms with Crippen molar-refractivity contribution in [3.05, 3.63) is 79.7 Å². The Bertz CT molecular complexity index is 1070. The molecule has 0 atom stereocenters. The molecule has 3 rings (SSSR count). The van der Waals surface area contributed by atoms with Gasteiger partial charge in [-0.25, -0.2) is 0 Å². The molecule has 10 heteroatoms. The van der Waals surface area contributed by atoms with E-state index in [9.17, 15) is 14.9 Å². The molecule has 1 aromatic heterocycles. The van der Waals surface area contributed by atoms with Crippen LogP contribution in [-0.4, -0.2) is 17.9 Å². The molecule has 29 heavy (non-hydrogen) atoms. The second-order valence-corrected chi connectivity index (χ2v) is 7.05. The third-order valence-electron chi connectivity index (χ3n) is 3.80. The molecule has 0 aliphatic rings. The van der Waals surface area contributed by atoms with E-state index in [0.717, 1.165) is 4.47 Å². The van der Waals surface area contributed by atoms with E-state index < -0.39 is 10.8 Å². The summed E-state index contributed by atoms with van der Waals surface area (Å²) in [4.78, 5) is 23.0. The number of nitro groups is 1. The Morgan fingerprint density at radius 1 is 1.24 bits per heavy atom. The lowest BCUT2D eigenvalue weighted by molar-refractivity contribution is -0.384. The summed E-state index contributed by atoms with van der Waals surface area (Å²) in [6.07, 6.45) is 0. The maximum atomic E-state index is 12.4. The van der Waals surface area contributed by atoms with Crippen LogP contribution in [0.4, 0.5) is 11.4 Å².